The van der Waals surface area contributed by atoms with Crippen LogP contribution in [0.4, 0.5) is 0 Å². The Labute approximate surface area is 165 Å². The van der Waals surface area contributed by atoms with Crippen LogP contribution in [0, 0.1) is 17.3 Å². The number of allylic oxidation sites excluding steroid dienone is 2. The molecule has 2 fully saturated rings. The van der Waals surface area contributed by atoms with Gasteiger partial charge in [-0.25, -0.2) is 0 Å². The summed E-state index contributed by atoms with van der Waals surface area (Å²) in [6.07, 6.45) is 19.9. The number of unbranched alkanes of at least 4 members (excludes halogenated alkanes) is 2. The summed E-state index contributed by atoms with van der Waals surface area (Å²) in [5.74, 6) is 0.412. The Hall–Kier alpha value is -0.310. The Bertz CT molecular complexity index is 455. The van der Waals surface area contributed by atoms with Gasteiger partial charge in [-0.2, -0.15) is 0 Å². The number of hydrogen-bond donors (Lipinski definition) is 2. The van der Waals surface area contributed by atoms with Crippen molar-refractivity contribution in [2.75, 3.05) is 0 Å². The van der Waals surface area contributed by atoms with Gasteiger partial charge in [-0.15, -0.1) is 11.6 Å². The van der Waals surface area contributed by atoms with Crippen LogP contribution in [0.25, 0.3) is 0 Å². The van der Waals surface area contributed by atoms with Crippen LogP contribution in [0.15, 0.2) is 24.3 Å². The molecule has 0 aliphatic heterocycles. The number of alkyl halides is 1. The van der Waals surface area contributed by atoms with Gasteiger partial charge >= 0.3 is 0 Å². The molecule has 2 nitrogen and oxygen atoms in total. The van der Waals surface area contributed by atoms with Gasteiger partial charge in [0.15, 0.2) is 0 Å². The third-order valence-corrected chi connectivity index (χ3v) is 7.19. The van der Waals surface area contributed by atoms with Gasteiger partial charge in [-0.1, -0.05) is 63.8 Å². The third-order valence-electron chi connectivity index (χ3n) is 6.69. The second-order valence-corrected chi connectivity index (χ2v) is 9.12. The van der Waals surface area contributed by atoms with Crippen molar-refractivity contribution in [3.63, 3.8) is 0 Å². The van der Waals surface area contributed by atoms with Gasteiger partial charge < -0.3 is 10.2 Å². The molecular weight excluding hydrogens is 344 g/mol. The molecule has 0 aromatic carbocycles. The summed E-state index contributed by atoms with van der Waals surface area (Å²) in [5.41, 5.74) is 0.157. The SMILES string of the molecule is CCCC/C=C\C[C@@H]1[C@@H](/C=C/CC(O)C2(CCC)CCC2)[C@H](O)C[C@H]1Cl. The standard InChI is InChI=1S/C23H39ClO2/c1-3-5-6-7-8-11-18-19(21(25)17-20(18)24)12-9-13-22(26)23(14-4-2)15-10-16-23/h7-9,12,18-22,25-26H,3-6,10-11,13-17H2,1-2H3/b8-7-,12-9+/t18-,19-,20-,21-,22?/m1/s1. The lowest BCUT2D eigenvalue weighted by molar-refractivity contribution is -0.0396. The summed E-state index contributed by atoms with van der Waals surface area (Å²) in [6, 6.07) is 0. The normalized spacial score (nSPS) is 32.3. The predicted octanol–water partition coefficient (Wildman–Crippen LogP) is 6.00. The first-order valence-corrected chi connectivity index (χ1v) is 11.3. The Balaban J connectivity index is 1.88. The van der Waals surface area contributed by atoms with E-state index in [4.69, 9.17) is 11.6 Å². The number of aliphatic hydroxyl groups excluding tert-OH is 2. The minimum atomic E-state index is -0.353. The summed E-state index contributed by atoms with van der Waals surface area (Å²) < 4.78 is 0. The zero-order valence-electron chi connectivity index (χ0n) is 16.7. The van der Waals surface area contributed by atoms with Crippen LogP contribution >= 0.6 is 11.6 Å². The maximum atomic E-state index is 10.7. The van der Waals surface area contributed by atoms with E-state index in [9.17, 15) is 10.2 Å². The van der Waals surface area contributed by atoms with Gasteiger partial charge in [0.2, 0.25) is 0 Å². The van der Waals surface area contributed by atoms with Gasteiger partial charge in [0.05, 0.1) is 12.2 Å². The molecule has 150 valence electrons. The second-order valence-electron chi connectivity index (χ2n) is 8.56. The Morgan fingerprint density at radius 2 is 1.92 bits per heavy atom. The average Bonchev–Trinajstić information content (AvgIpc) is 2.84. The molecule has 0 aromatic heterocycles. The summed E-state index contributed by atoms with van der Waals surface area (Å²) >= 11 is 6.52. The van der Waals surface area contributed by atoms with E-state index in [2.05, 4.69) is 38.2 Å². The van der Waals surface area contributed by atoms with Gasteiger partial charge in [-0.3, -0.25) is 0 Å². The average molecular weight is 383 g/mol. The van der Waals surface area contributed by atoms with Gasteiger partial charge in [0, 0.05) is 11.3 Å². The predicted molar refractivity (Wildman–Crippen MR) is 111 cm³/mol. The van der Waals surface area contributed by atoms with Crippen molar-refractivity contribution in [3.05, 3.63) is 24.3 Å². The van der Waals surface area contributed by atoms with E-state index in [1.165, 1.54) is 19.3 Å². The number of hydrogen-bond acceptors (Lipinski definition) is 2. The summed E-state index contributed by atoms with van der Waals surface area (Å²) in [7, 11) is 0. The molecule has 0 bridgehead atoms. The molecule has 3 heteroatoms. The van der Waals surface area contributed by atoms with Crippen LogP contribution in [0.3, 0.4) is 0 Å². The quantitative estimate of drug-likeness (QED) is 0.261. The Morgan fingerprint density at radius 3 is 2.54 bits per heavy atom. The van der Waals surface area contributed by atoms with Crippen molar-refractivity contribution < 1.29 is 10.2 Å². The van der Waals surface area contributed by atoms with Gasteiger partial charge in [0.25, 0.3) is 0 Å². The molecule has 2 aliphatic carbocycles. The molecule has 1 unspecified atom stereocenters. The minimum Gasteiger partial charge on any atom is -0.392 e. The molecule has 0 aromatic rings. The number of aliphatic hydroxyl groups is 2. The van der Waals surface area contributed by atoms with E-state index < -0.39 is 0 Å². The molecular formula is C23H39ClO2. The Kier molecular flexibility index (Phi) is 9.20. The van der Waals surface area contributed by atoms with Crippen molar-refractivity contribution in [1.29, 1.82) is 0 Å². The molecule has 5 atom stereocenters. The largest absolute Gasteiger partial charge is 0.392 e. The molecule has 26 heavy (non-hydrogen) atoms. The fourth-order valence-electron chi connectivity index (χ4n) is 4.85. The maximum Gasteiger partial charge on any atom is 0.0630 e. The fraction of sp³-hybridized carbons (Fsp3) is 0.826. The van der Waals surface area contributed by atoms with Crippen molar-refractivity contribution in [2.24, 2.45) is 17.3 Å². The lowest BCUT2D eigenvalue weighted by Crippen LogP contribution is -2.41. The first-order chi connectivity index (χ1) is 12.5. The summed E-state index contributed by atoms with van der Waals surface area (Å²) in [5, 5.41) is 21.1. The fourth-order valence-corrected chi connectivity index (χ4v) is 5.30. The van der Waals surface area contributed by atoms with Crippen LogP contribution < -0.4 is 0 Å². The van der Waals surface area contributed by atoms with Crippen molar-refractivity contribution in [3.8, 4) is 0 Å². The van der Waals surface area contributed by atoms with E-state index in [0.29, 0.717) is 18.8 Å². The second kappa shape index (κ2) is 10.9. The molecule has 0 saturated heterocycles. The molecule has 0 amide bonds. The van der Waals surface area contributed by atoms with E-state index in [1.54, 1.807) is 0 Å². The van der Waals surface area contributed by atoms with E-state index in [1.807, 2.05) is 0 Å². The van der Waals surface area contributed by atoms with Crippen molar-refractivity contribution >= 4 is 11.6 Å². The van der Waals surface area contributed by atoms with Crippen LogP contribution in [0.1, 0.15) is 84.5 Å². The van der Waals surface area contributed by atoms with Crippen molar-refractivity contribution in [2.45, 2.75) is 102 Å². The lowest BCUT2D eigenvalue weighted by atomic mass is 9.62. The molecule has 2 rings (SSSR count). The zero-order chi connectivity index (χ0) is 19.0. The maximum absolute atomic E-state index is 10.7. The van der Waals surface area contributed by atoms with Crippen LogP contribution in [-0.2, 0) is 0 Å². The van der Waals surface area contributed by atoms with Crippen molar-refractivity contribution in [1.82, 2.24) is 0 Å². The number of rotatable bonds is 11. The zero-order valence-corrected chi connectivity index (χ0v) is 17.5. The highest BCUT2D eigenvalue weighted by molar-refractivity contribution is 6.21. The first kappa shape index (κ1) is 22.0. The minimum absolute atomic E-state index is 0.0402. The highest BCUT2D eigenvalue weighted by Gasteiger charge is 2.42. The summed E-state index contributed by atoms with van der Waals surface area (Å²) in [4.78, 5) is 0. The molecule has 2 saturated carbocycles. The van der Waals surface area contributed by atoms with E-state index >= 15 is 0 Å². The lowest BCUT2D eigenvalue weighted by Gasteiger charge is -2.45. The van der Waals surface area contributed by atoms with E-state index in [-0.39, 0.29) is 28.9 Å². The number of halogens is 1. The smallest absolute Gasteiger partial charge is 0.0630 e. The molecule has 0 spiro atoms. The molecule has 0 radical (unpaired) electrons. The Morgan fingerprint density at radius 1 is 1.15 bits per heavy atom. The van der Waals surface area contributed by atoms with Gasteiger partial charge in [-0.05, 0) is 56.3 Å². The van der Waals surface area contributed by atoms with Crippen LogP contribution in [0.2, 0.25) is 0 Å². The highest BCUT2D eigenvalue weighted by atomic mass is 35.5. The third kappa shape index (κ3) is 5.59. The molecule has 2 aliphatic rings. The monoisotopic (exact) mass is 382 g/mol. The highest BCUT2D eigenvalue weighted by Crippen LogP contribution is 2.48. The molecule has 2 N–H and O–H groups in total. The van der Waals surface area contributed by atoms with Crippen LogP contribution in [0.5, 0.6) is 0 Å². The van der Waals surface area contributed by atoms with Crippen LogP contribution in [-0.4, -0.2) is 27.8 Å². The van der Waals surface area contributed by atoms with E-state index in [0.717, 1.165) is 38.5 Å². The first-order valence-electron chi connectivity index (χ1n) is 10.9. The summed E-state index contributed by atoms with van der Waals surface area (Å²) in [6.45, 7) is 4.41. The topological polar surface area (TPSA) is 40.5 Å². The van der Waals surface area contributed by atoms with Gasteiger partial charge in [0.1, 0.15) is 0 Å². The molecule has 0 heterocycles.